The molecule has 2 aromatic rings. The zero-order valence-corrected chi connectivity index (χ0v) is 14.7. The molecule has 0 unspecified atom stereocenters. The molecule has 2 aromatic carbocycles. The molecule has 2 N–H and O–H groups in total. The maximum absolute atomic E-state index is 12.2. The van der Waals surface area contributed by atoms with Gasteiger partial charge in [0.1, 0.15) is 5.84 Å². The number of nitrogens with one attached hydrogen (secondary N) is 2. The molecule has 0 saturated carbocycles. The van der Waals surface area contributed by atoms with Crippen LogP contribution in [0, 0.1) is 10.9 Å². The summed E-state index contributed by atoms with van der Waals surface area (Å²) in [5, 5.41) is 13.7. The number of hydrogen-bond donors (Lipinski definition) is 2. The van der Waals surface area contributed by atoms with Gasteiger partial charge in [0.05, 0.1) is 5.69 Å². The average molecular weight is 384 g/mol. The topological polar surface area (TPSA) is 80.4 Å². The maximum Gasteiger partial charge on any atom is 0.163 e. The highest BCUT2D eigenvalue weighted by atomic mass is 35.5. The molecule has 0 bridgehead atoms. The first-order valence-corrected chi connectivity index (χ1v) is 8.04. The molecule has 0 amide bonds. The molecule has 0 spiro atoms. The lowest BCUT2D eigenvalue weighted by atomic mass is 10.1. The molecule has 2 rings (SSSR count). The molecule has 0 heterocycles. The van der Waals surface area contributed by atoms with Gasteiger partial charge in [-0.2, -0.15) is 5.53 Å². The van der Waals surface area contributed by atoms with Crippen LogP contribution < -0.4 is 5.01 Å². The Morgan fingerprint density at radius 1 is 1.00 bits per heavy atom. The Labute approximate surface area is 154 Å². The average Bonchev–Trinajstić information content (AvgIpc) is 2.52. The minimum absolute atomic E-state index is 0.00809. The van der Waals surface area contributed by atoms with Crippen LogP contribution in [0.1, 0.15) is 23.2 Å². The third kappa shape index (κ3) is 4.77. The van der Waals surface area contributed by atoms with E-state index in [4.69, 9.17) is 45.7 Å². The molecule has 0 radical (unpaired) electrons. The number of amidine groups is 1. The summed E-state index contributed by atoms with van der Waals surface area (Å²) in [6.45, 7) is 0. The van der Waals surface area contributed by atoms with Crippen molar-refractivity contribution in [1.82, 2.24) is 0 Å². The van der Waals surface area contributed by atoms with Crippen LogP contribution in [-0.4, -0.2) is 11.6 Å². The Kier molecular flexibility index (Phi) is 6.31. The first kappa shape index (κ1) is 18.4. The van der Waals surface area contributed by atoms with Crippen molar-refractivity contribution in [3.63, 3.8) is 0 Å². The monoisotopic (exact) mass is 382 g/mol. The highest BCUT2D eigenvalue weighted by molar-refractivity contribution is 6.35. The molecule has 8 heteroatoms. The van der Waals surface area contributed by atoms with Gasteiger partial charge in [0.25, 0.3) is 0 Å². The van der Waals surface area contributed by atoms with Crippen molar-refractivity contribution in [2.24, 2.45) is 5.22 Å². The van der Waals surface area contributed by atoms with Gasteiger partial charge in [0.2, 0.25) is 0 Å². The van der Waals surface area contributed by atoms with Crippen LogP contribution in [0.5, 0.6) is 0 Å². The lowest BCUT2D eigenvalue weighted by Gasteiger charge is -2.17. The zero-order valence-electron chi connectivity index (χ0n) is 12.4. The second kappa shape index (κ2) is 8.24. The summed E-state index contributed by atoms with van der Waals surface area (Å²) in [4.78, 5) is 12.2. The molecule has 124 valence electrons. The second-order valence-corrected chi connectivity index (χ2v) is 6.23. The van der Waals surface area contributed by atoms with Gasteiger partial charge in [-0.05, 0) is 36.4 Å². The van der Waals surface area contributed by atoms with Crippen molar-refractivity contribution in [2.45, 2.75) is 12.8 Å². The van der Waals surface area contributed by atoms with Crippen LogP contribution in [0.25, 0.3) is 0 Å². The summed E-state index contributed by atoms with van der Waals surface area (Å²) in [5.74, 6) is -0.186. The molecule has 24 heavy (non-hydrogen) atoms. The van der Waals surface area contributed by atoms with Crippen molar-refractivity contribution in [2.75, 3.05) is 5.01 Å². The van der Waals surface area contributed by atoms with Gasteiger partial charge < -0.3 is 0 Å². The van der Waals surface area contributed by atoms with Gasteiger partial charge in [-0.15, -0.1) is 0 Å². The third-order valence-corrected chi connectivity index (χ3v) is 3.85. The highest BCUT2D eigenvalue weighted by Crippen LogP contribution is 2.23. The lowest BCUT2D eigenvalue weighted by Crippen LogP contribution is -2.24. The summed E-state index contributed by atoms with van der Waals surface area (Å²) >= 11 is 17.7. The minimum Gasteiger partial charge on any atom is -0.294 e. The van der Waals surface area contributed by atoms with E-state index in [1.165, 1.54) is 12.1 Å². The van der Waals surface area contributed by atoms with Gasteiger partial charge in [0.15, 0.2) is 5.78 Å². The van der Waals surface area contributed by atoms with Gasteiger partial charge in [-0.3, -0.25) is 10.2 Å². The molecule has 0 aromatic heterocycles. The fraction of sp³-hybridized carbons (Fsp3) is 0.125. The number of hydrogen-bond acceptors (Lipinski definition) is 4. The number of anilines is 1. The molecule has 0 atom stereocenters. The SMILES string of the molecule is N=NN(C(=N)CCC(=O)c1cc(Cl)cc(Cl)c1)c1cccc(Cl)c1. The van der Waals surface area contributed by atoms with Crippen molar-refractivity contribution >= 4 is 52.1 Å². The molecular weight excluding hydrogens is 371 g/mol. The number of rotatable bonds is 6. The summed E-state index contributed by atoms with van der Waals surface area (Å²) < 4.78 is 0. The minimum atomic E-state index is -0.194. The van der Waals surface area contributed by atoms with E-state index in [1.807, 2.05) is 0 Å². The Hall–Kier alpha value is -1.95. The van der Waals surface area contributed by atoms with E-state index in [2.05, 4.69) is 5.22 Å². The normalized spacial score (nSPS) is 10.3. The zero-order chi connectivity index (χ0) is 17.7. The first-order chi connectivity index (χ1) is 11.4. The van der Waals surface area contributed by atoms with Crippen LogP contribution in [0.3, 0.4) is 0 Å². The Bertz CT molecular complexity index is 774. The van der Waals surface area contributed by atoms with Crippen LogP contribution in [0.2, 0.25) is 15.1 Å². The largest absolute Gasteiger partial charge is 0.294 e. The summed E-state index contributed by atoms with van der Waals surface area (Å²) in [6, 6.07) is 11.3. The number of carbonyl (C=O) groups excluding carboxylic acids is 1. The molecular formula is C16H13Cl3N4O. The second-order valence-electron chi connectivity index (χ2n) is 4.92. The predicted molar refractivity (Wildman–Crippen MR) is 96.8 cm³/mol. The van der Waals surface area contributed by atoms with E-state index in [9.17, 15) is 4.79 Å². The Balaban J connectivity index is 2.05. The van der Waals surface area contributed by atoms with E-state index in [0.29, 0.717) is 26.3 Å². The van der Waals surface area contributed by atoms with Crippen molar-refractivity contribution < 1.29 is 4.79 Å². The molecule has 0 aliphatic carbocycles. The van der Waals surface area contributed by atoms with Crippen LogP contribution in [0.4, 0.5) is 5.69 Å². The smallest absolute Gasteiger partial charge is 0.163 e. The number of ketones is 1. The van der Waals surface area contributed by atoms with Gasteiger partial charge >= 0.3 is 0 Å². The highest BCUT2D eigenvalue weighted by Gasteiger charge is 2.15. The van der Waals surface area contributed by atoms with E-state index >= 15 is 0 Å². The lowest BCUT2D eigenvalue weighted by molar-refractivity contribution is 0.0984. The molecule has 0 fully saturated rings. The van der Waals surface area contributed by atoms with E-state index < -0.39 is 0 Å². The Morgan fingerprint density at radius 3 is 2.25 bits per heavy atom. The number of halogens is 3. The fourth-order valence-electron chi connectivity index (χ4n) is 2.08. The number of benzene rings is 2. The molecule has 0 aliphatic rings. The van der Waals surface area contributed by atoms with Crippen LogP contribution >= 0.6 is 34.8 Å². The summed E-state index contributed by atoms with van der Waals surface area (Å²) in [5.41, 5.74) is 8.12. The van der Waals surface area contributed by atoms with Gasteiger partial charge in [0, 0.05) is 33.5 Å². The van der Waals surface area contributed by atoms with Gasteiger partial charge in [-0.1, -0.05) is 46.1 Å². The standard InChI is InChI=1S/C16H13Cl3N4O/c17-11-2-1-3-14(9-11)23(22-21)16(20)5-4-15(24)10-6-12(18)8-13(19)7-10/h1-3,6-9,20-21H,4-5H2. The first-order valence-electron chi connectivity index (χ1n) is 6.90. The number of carbonyl (C=O) groups is 1. The van der Waals surface area contributed by atoms with Gasteiger partial charge in [-0.25, -0.2) is 5.01 Å². The fourth-order valence-corrected chi connectivity index (χ4v) is 2.79. The molecule has 0 aliphatic heterocycles. The summed E-state index contributed by atoms with van der Waals surface area (Å²) in [7, 11) is 0. The molecule has 0 saturated heterocycles. The van der Waals surface area contributed by atoms with Crippen molar-refractivity contribution in [3.05, 3.63) is 63.1 Å². The molecule has 5 nitrogen and oxygen atoms in total. The number of Topliss-reactive ketones (excluding diaryl/α,β-unsaturated/α-hetero) is 1. The van der Waals surface area contributed by atoms with Crippen molar-refractivity contribution in [3.8, 4) is 0 Å². The van der Waals surface area contributed by atoms with Crippen LogP contribution in [-0.2, 0) is 0 Å². The third-order valence-electron chi connectivity index (χ3n) is 3.18. The Morgan fingerprint density at radius 2 is 1.67 bits per heavy atom. The van der Waals surface area contributed by atoms with E-state index in [-0.39, 0.29) is 24.5 Å². The number of nitrogens with zero attached hydrogens (tertiary/aromatic N) is 2. The summed E-state index contributed by atoms with van der Waals surface area (Å²) in [6.07, 6.45) is 0.181. The van der Waals surface area contributed by atoms with E-state index in [0.717, 1.165) is 5.01 Å². The van der Waals surface area contributed by atoms with Crippen molar-refractivity contribution in [1.29, 1.82) is 10.9 Å². The quantitative estimate of drug-likeness (QED) is 0.210. The predicted octanol–water partition coefficient (Wildman–Crippen LogP) is 6.04. The van der Waals surface area contributed by atoms with Crippen LogP contribution in [0.15, 0.2) is 47.7 Å². The van der Waals surface area contributed by atoms with E-state index in [1.54, 1.807) is 30.3 Å². The maximum atomic E-state index is 12.2.